The third-order valence-electron chi connectivity index (χ3n) is 2.82. The van der Waals surface area contributed by atoms with E-state index in [1.165, 1.54) is 0 Å². The second-order valence-corrected chi connectivity index (χ2v) is 4.43. The first-order valence-corrected chi connectivity index (χ1v) is 6.17. The minimum Gasteiger partial charge on any atom is -0.485 e. The molecule has 112 valence electrons. The lowest BCUT2D eigenvalue weighted by Gasteiger charge is -2.26. The molecule has 1 aliphatic heterocycles. The number of para-hydroxylation sites is 2. The lowest BCUT2D eigenvalue weighted by molar-refractivity contribution is -0.145. The number of hydrogen-bond donors (Lipinski definition) is 3. The quantitative estimate of drug-likeness (QED) is 0.657. The number of nitrogens with two attached hydrogens (primary N) is 1. The first kappa shape index (κ1) is 14.6. The summed E-state index contributed by atoms with van der Waals surface area (Å²) < 4.78 is 10.8. The molecule has 1 unspecified atom stereocenters. The van der Waals surface area contributed by atoms with Gasteiger partial charge in [0.2, 0.25) is 12.0 Å². The molecule has 1 aromatic carbocycles. The molecule has 0 spiro atoms. The Labute approximate surface area is 119 Å². The van der Waals surface area contributed by atoms with Crippen molar-refractivity contribution in [1.82, 2.24) is 5.32 Å². The minimum absolute atomic E-state index is 0.0498. The van der Waals surface area contributed by atoms with Crippen molar-refractivity contribution in [3.8, 4) is 11.5 Å². The molecule has 2 amide bonds. The van der Waals surface area contributed by atoms with Crippen LogP contribution in [0, 0.1) is 0 Å². The molecule has 0 radical (unpaired) electrons. The highest BCUT2D eigenvalue weighted by atomic mass is 16.6. The van der Waals surface area contributed by atoms with Gasteiger partial charge in [0.25, 0.3) is 5.91 Å². The molecule has 0 aromatic heterocycles. The zero-order valence-electron chi connectivity index (χ0n) is 10.9. The van der Waals surface area contributed by atoms with Crippen molar-refractivity contribution in [3.05, 3.63) is 24.3 Å². The van der Waals surface area contributed by atoms with Gasteiger partial charge in [0.05, 0.1) is 6.42 Å². The van der Waals surface area contributed by atoms with Crippen LogP contribution in [0.25, 0.3) is 0 Å². The van der Waals surface area contributed by atoms with Crippen molar-refractivity contribution >= 4 is 17.8 Å². The summed E-state index contributed by atoms with van der Waals surface area (Å²) in [6.07, 6.45) is -1.49. The summed E-state index contributed by atoms with van der Waals surface area (Å²) in [5.74, 6) is -1.95. The van der Waals surface area contributed by atoms with Crippen molar-refractivity contribution in [2.24, 2.45) is 5.73 Å². The Bertz CT molecular complexity index is 574. The molecule has 0 bridgehead atoms. The number of benzene rings is 1. The first-order valence-electron chi connectivity index (χ1n) is 6.17. The number of ether oxygens (including phenoxy) is 2. The van der Waals surface area contributed by atoms with Crippen LogP contribution in [0.2, 0.25) is 0 Å². The van der Waals surface area contributed by atoms with Crippen molar-refractivity contribution < 1.29 is 29.0 Å². The van der Waals surface area contributed by atoms with Crippen LogP contribution in [0.3, 0.4) is 0 Å². The Morgan fingerprint density at radius 3 is 2.62 bits per heavy atom. The Kier molecular flexibility index (Phi) is 4.27. The number of hydrogen-bond acceptors (Lipinski definition) is 5. The maximum atomic E-state index is 12.0. The highest BCUT2D eigenvalue weighted by molar-refractivity contribution is 5.90. The number of nitrogens with one attached hydrogen (secondary N) is 1. The van der Waals surface area contributed by atoms with Crippen LogP contribution in [0.4, 0.5) is 0 Å². The van der Waals surface area contributed by atoms with Gasteiger partial charge in [-0.15, -0.1) is 0 Å². The molecule has 21 heavy (non-hydrogen) atoms. The Hall–Kier alpha value is -2.77. The molecular weight excluding hydrogens is 280 g/mol. The average molecular weight is 294 g/mol. The predicted molar refractivity (Wildman–Crippen MR) is 69.7 cm³/mol. The minimum atomic E-state index is -1.39. The molecule has 0 saturated carbocycles. The van der Waals surface area contributed by atoms with E-state index in [1.807, 2.05) is 0 Å². The number of rotatable bonds is 5. The molecule has 0 saturated heterocycles. The van der Waals surface area contributed by atoms with Gasteiger partial charge in [-0.2, -0.15) is 0 Å². The van der Waals surface area contributed by atoms with Crippen molar-refractivity contribution in [2.75, 3.05) is 6.61 Å². The Morgan fingerprint density at radius 2 is 2.00 bits per heavy atom. The number of primary amides is 1. The number of carbonyl (C=O) groups excluding carboxylic acids is 2. The fourth-order valence-corrected chi connectivity index (χ4v) is 1.81. The van der Waals surface area contributed by atoms with Gasteiger partial charge in [-0.05, 0) is 12.1 Å². The largest absolute Gasteiger partial charge is 0.485 e. The summed E-state index contributed by atoms with van der Waals surface area (Å²) in [5.41, 5.74) is 4.94. The number of carboxylic acids is 1. The zero-order valence-corrected chi connectivity index (χ0v) is 10.9. The number of aliphatic carboxylic acids is 1. The topological polar surface area (TPSA) is 128 Å². The van der Waals surface area contributed by atoms with Gasteiger partial charge in [0.1, 0.15) is 12.6 Å². The Balaban J connectivity index is 2.01. The van der Waals surface area contributed by atoms with Gasteiger partial charge in [0, 0.05) is 0 Å². The van der Waals surface area contributed by atoms with Gasteiger partial charge >= 0.3 is 5.97 Å². The summed E-state index contributed by atoms with van der Waals surface area (Å²) >= 11 is 0. The molecule has 2 atom stereocenters. The number of amides is 2. The SMILES string of the molecule is NC(=O)C[C@@H](NC(=O)C1COc2ccccc2O1)C(=O)O. The smallest absolute Gasteiger partial charge is 0.326 e. The van der Waals surface area contributed by atoms with E-state index in [4.69, 9.17) is 20.3 Å². The van der Waals surface area contributed by atoms with Crippen molar-refractivity contribution in [3.63, 3.8) is 0 Å². The van der Waals surface area contributed by atoms with Crippen LogP contribution < -0.4 is 20.5 Å². The van der Waals surface area contributed by atoms with E-state index in [1.54, 1.807) is 24.3 Å². The Morgan fingerprint density at radius 1 is 1.33 bits per heavy atom. The number of carbonyl (C=O) groups is 3. The zero-order chi connectivity index (χ0) is 15.4. The molecule has 0 fully saturated rings. The molecule has 8 nitrogen and oxygen atoms in total. The van der Waals surface area contributed by atoms with E-state index >= 15 is 0 Å². The van der Waals surface area contributed by atoms with Crippen LogP contribution in [-0.4, -0.2) is 41.6 Å². The van der Waals surface area contributed by atoms with E-state index in [0.717, 1.165) is 0 Å². The van der Waals surface area contributed by atoms with E-state index in [0.29, 0.717) is 11.5 Å². The summed E-state index contributed by atoms with van der Waals surface area (Å²) in [4.78, 5) is 33.7. The standard InChI is InChI=1S/C13H14N2O6/c14-11(16)5-7(13(18)19)15-12(17)10-6-20-8-3-1-2-4-9(8)21-10/h1-4,7,10H,5-6H2,(H2,14,16)(H,15,17)(H,18,19)/t7-,10?/m1/s1. The van der Waals surface area contributed by atoms with E-state index in [-0.39, 0.29) is 6.61 Å². The molecule has 2 rings (SSSR count). The third kappa shape index (κ3) is 3.62. The van der Waals surface area contributed by atoms with Crippen LogP contribution in [0.15, 0.2) is 24.3 Å². The van der Waals surface area contributed by atoms with Gasteiger partial charge in [-0.1, -0.05) is 12.1 Å². The fraction of sp³-hybridized carbons (Fsp3) is 0.308. The van der Waals surface area contributed by atoms with Crippen LogP contribution in [0.5, 0.6) is 11.5 Å². The van der Waals surface area contributed by atoms with Crippen LogP contribution in [0.1, 0.15) is 6.42 Å². The predicted octanol–water partition coefficient (Wildman–Crippen LogP) is -0.729. The van der Waals surface area contributed by atoms with Gasteiger partial charge in [-0.25, -0.2) is 4.79 Å². The van der Waals surface area contributed by atoms with Crippen molar-refractivity contribution in [2.45, 2.75) is 18.6 Å². The third-order valence-corrected chi connectivity index (χ3v) is 2.82. The molecule has 8 heteroatoms. The maximum Gasteiger partial charge on any atom is 0.326 e. The van der Waals surface area contributed by atoms with Gasteiger partial charge in [-0.3, -0.25) is 9.59 Å². The number of carboxylic acid groups (broad SMARTS) is 1. The van der Waals surface area contributed by atoms with Crippen molar-refractivity contribution in [1.29, 1.82) is 0 Å². The summed E-state index contributed by atoms with van der Waals surface area (Å²) in [5, 5.41) is 11.1. The van der Waals surface area contributed by atoms with Gasteiger partial charge in [0.15, 0.2) is 11.5 Å². The molecule has 4 N–H and O–H groups in total. The van der Waals surface area contributed by atoms with Gasteiger partial charge < -0.3 is 25.6 Å². The maximum absolute atomic E-state index is 12.0. The van der Waals surface area contributed by atoms with Crippen LogP contribution >= 0.6 is 0 Å². The fourth-order valence-electron chi connectivity index (χ4n) is 1.81. The van der Waals surface area contributed by atoms with E-state index < -0.39 is 36.4 Å². The molecule has 1 heterocycles. The lowest BCUT2D eigenvalue weighted by Crippen LogP contribution is -2.51. The molecule has 1 aromatic rings. The molecule has 1 aliphatic rings. The highest BCUT2D eigenvalue weighted by Gasteiger charge is 2.31. The lowest BCUT2D eigenvalue weighted by atomic mass is 10.2. The second-order valence-electron chi connectivity index (χ2n) is 4.43. The number of fused-ring (bicyclic) bond motifs is 1. The summed E-state index contributed by atoms with van der Waals surface area (Å²) in [6.45, 7) is -0.0498. The highest BCUT2D eigenvalue weighted by Crippen LogP contribution is 2.30. The molecular formula is C13H14N2O6. The van der Waals surface area contributed by atoms with E-state index in [2.05, 4.69) is 5.32 Å². The molecule has 0 aliphatic carbocycles. The summed E-state index contributed by atoms with van der Waals surface area (Å²) in [6, 6.07) is 5.41. The first-order chi connectivity index (χ1) is 9.97. The monoisotopic (exact) mass is 294 g/mol. The van der Waals surface area contributed by atoms with Crippen LogP contribution in [-0.2, 0) is 14.4 Å². The average Bonchev–Trinajstić information content (AvgIpc) is 2.45. The summed E-state index contributed by atoms with van der Waals surface area (Å²) in [7, 11) is 0. The normalized spacial score (nSPS) is 17.6. The second kappa shape index (κ2) is 6.12. The van der Waals surface area contributed by atoms with E-state index in [9.17, 15) is 14.4 Å².